The van der Waals surface area contributed by atoms with E-state index in [-0.39, 0.29) is 23.2 Å². The van der Waals surface area contributed by atoms with Gasteiger partial charge in [0.2, 0.25) is 0 Å². The fourth-order valence-corrected chi connectivity index (χ4v) is 4.65. The zero-order chi connectivity index (χ0) is 22.7. The van der Waals surface area contributed by atoms with Gasteiger partial charge in [-0.25, -0.2) is 4.98 Å². The molecule has 0 saturated heterocycles. The number of thioether (sulfide) groups is 1. The predicted octanol–water partition coefficient (Wildman–Crippen LogP) is 3.96. The van der Waals surface area contributed by atoms with E-state index in [9.17, 15) is 9.59 Å². The van der Waals surface area contributed by atoms with Gasteiger partial charge in [0, 0.05) is 28.7 Å². The van der Waals surface area contributed by atoms with Crippen molar-refractivity contribution < 1.29 is 14.3 Å². The summed E-state index contributed by atoms with van der Waals surface area (Å²) in [5, 5.41) is 0.481. The van der Waals surface area contributed by atoms with Crippen molar-refractivity contribution >= 4 is 17.5 Å². The molecule has 0 amide bonds. The molecular weight excluding hydrogens is 426 g/mol. The number of fused-ring (bicyclic) bond motifs is 1. The van der Waals surface area contributed by atoms with E-state index in [1.165, 1.54) is 17.8 Å². The van der Waals surface area contributed by atoms with Gasteiger partial charge in [0.15, 0.2) is 28.5 Å². The van der Waals surface area contributed by atoms with Crippen molar-refractivity contribution in [3.05, 3.63) is 69.4 Å². The van der Waals surface area contributed by atoms with Crippen LogP contribution in [-0.4, -0.2) is 38.8 Å². The van der Waals surface area contributed by atoms with Crippen LogP contribution in [0.5, 0.6) is 11.5 Å². The topological polar surface area (TPSA) is 86.2 Å². The van der Waals surface area contributed by atoms with Crippen LogP contribution < -0.4 is 15.0 Å². The third-order valence-electron chi connectivity index (χ3n) is 5.45. The Bertz CT molecular complexity index is 1180. The van der Waals surface area contributed by atoms with Crippen LogP contribution >= 0.6 is 11.8 Å². The monoisotopic (exact) mass is 453 g/mol. The lowest BCUT2D eigenvalue weighted by Crippen LogP contribution is -2.33. The Balaban J connectivity index is 1.43. The Labute approximate surface area is 191 Å². The number of rotatable bonds is 8. The highest BCUT2D eigenvalue weighted by Gasteiger charge is 2.24. The van der Waals surface area contributed by atoms with E-state index in [1.54, 1.807) is 0 Å². The van der Waals surface area contributed by atoms with Crippen LogP contribution in [0.3, 0.4) is 0 Å². The highest BCUT2D eigenvalue weighted by atomic mass is 32.2. The Hall–Kier alpha value is -3.00. The number of hydrogen-bond donors (Lipinski definition) is 1. The number of nitrogens with zero attached hydrogens (tertiary/aromatic N) is 2. The molecule has 0 aliphatic carbocycles. The molecule has 168 valence electrons. The molecule has 3 heterocycles. The lowest BCUT2D eigenvalue weighted by Gasteiger charge is -2.27. The van der Waals surface area contributed by atoms with E-state index >= 15 is 0 Å². The standard InChI is InChI=1S/C24H27N3O4S/c1-4-7-17-11-23(29)26-24(25-17)32-14-20(28)19-10-15(2)27(16(19)3)12-18-13-30-21-8-5-6-9-22(21)31-18/h5-6,8-11,18H,4,7,12-14H2,1-3H3,(H,25,26,29). The molecule has 1 aliphatic rings. The fourth-order valence-electron chi connectivity index (χ4n) is 3.87. The minimum absolute atomic E-state index is 0.00375. The summed E-state index contributed by atoms with van der Waals surface area (Å²) in [6.45, 7) is 7.03. The number of aromatic nitrogens is 3. The number of nitrogens with one attached hydrogen (secondary N) is 1. The number of carbonyl (C=O) groups excluding carboxylic acids is 1. The molecule has 4 rings (SSSR count). The van der Waals surface area contributed by atoms with Crippen LogP contribution in [0.1, 0.15) is 40.8 Å². The number of benzene rings is 1. The number of para-hydroxylation sites is 2. The average molecular weight is 454 g/mol. The Morgan fingerprint density at radius 3 is 2.81 bits per heavy atom. The van der Waals surface area contributed by atoms with Crippen molar-refractivity contribution in [2.45, 2.75) is 51.4 Å². The molecule has 8 heteroatoms. The van der Waals surface area contributed by atoms with Crippen molar-refractivity contribution in [3.8, 4) is 11.5 Å². The molecule has 0 fully saturated rings. The van der Waals surface area contributed by atoms with E-state index in [1.807, 2.05) is 51.1 Å². The Morgan fingerprint density at radius 1 is 1.25 bits per heavy atom. The van der Waals surface area contributed by atoms with Gasteiger partial charge in [-0.3, -0.25) is 9.59 Å². The zero-order valence-electron chi connectivity index (χ0n) is 18.5. The van der Waals surface area contributed by atoms with E-state index in [2.05, 4.69) is 14.5 Å². The zero-order valence-corrected chi connectivity index (χ0v) is 19.3. The van der Waals surface area contributed by atoms with Crippen molar-refractivity contribution in [2.75, 3.05) is 12.4 Å². The van der Waals surface area contributed by atoms with E-state index in [0.29, 0.717) is 23.9 Å². The summed E-state index contributed by atoms with van der Waals surface area (Å²) < 4.78 is 14.0. The second kappa shape index (κ2) is 9.65. The molecule has 7 nitrogen and oxygen atoms in total. The van der Waals surface area contributed by atoms with Crippen LogP contribution in [0.4, 0.5) is 0 Å². The average Bonchev–Trinajstić information content (AvgIpc) is 3.05. The molecule has 1 atom stereocenters. The first-order chi connectivity index (χ1) is 15.4. The molecule has 1 unspecified atom stereocenters. The third kappa shape index (κ3) is 4.91. The maximum Gasteiger partial charge on any atom is 0.251 e. The van der Waals surface area contributed by atoms with Gasteiger partial charge in [0.25, 0.3) is 5.56 Å². The molecule has 0 saturated carbocycles. The number of ketones is 1. The van der Waals surface area contributed by atoms with Gasteiger partial charge in [-0.05, 0) is 38.5 Å². The molecule has 0 radical (unpaired) electrons. The van der Waals surface area contributed by atoms with Crippen LogP contribution in [0.2, 0.25) is 0 Å². The van der Waals surface area contributed by atoms with Crippen molar-refractivity contribution in [1.29, 1.82) is 0 Å². The minimum atomic E-state index is -0.187. The number of ether oxygens (including phenoxy) is 2. The Kier molecular flexibility index (Phi) is 6.69. The van der Waals surface area contributed by atoms with Gasteiger partial charge in [-0.1, -0.05) is 37.2 Å². The summed E-state index contributed by atoms with van der Waals surface area (Å²) in [6.07, 6.45) is 1.51. The summed E-state index contributed by atoms with van der Waals surface area (Å²) in [5.41, 5.74) is 3.14. The number of hydrogen-bond acceptors (Lipinski definition) is 6. The summed E-state index contributed by atoms with van der Waals surface area (Å²) in [4.78, 5) is 32.0. The van der Waals surface area contributed by atoms with E-state index in [0.717, 1.165) is 41.4 Å². The molecule has 0 spiro atoms. The summed E-state index contributed by atoms with van der Waals surface area (Å²) in [5.74, 6) is 1.71. The summed E-state index contributed by atoms with van der Waals surface area (Å²) in [6, 6.07) is 11.1. The number of aryl methyl sites for hydroxylation is 2. The van der Waals surface area contributed by atoms with Gasteiger partial charge in [0.05, 0.1) is 12.3 Å². The Morgan fingerprint density at radius 2 is 2.03 bits per heavy atom. The van der Waals surface area contributed by atoms with Gasteiger partial charge < -0.3 is 19.0 Å². The van der Waals surface area contributed by atoms with Crippen LogP contribution in [-0.2, 0) is 13.0 Å². The molecule has 1 aromatic carbocycles. The summed E-state index contributed by atoms with van der Waals surface area (Å²) in [7, 11) is 0. The molecule has 0 bridgehead atoms. The van der Waals surface area contributed by atoms with Crippen molar-refractivity contribution in [1.82, 2.24) is 14.5 Å². The number of Topliss-reactive ketones (excluding diaryl/α,β-unsaturated/α-hetero) is 1. The van der Waals surface area contributed by atoms with Gasteiger partial charge in [0.1, 0.15) is 6.61 Å². The van der Waals surface area contributed by atoms with Crippen LogP contribution in [0.15, 0.2) is 46.3 Å². The fraction of sp³-hybridized carbons (Fsp3) is 0.375. The molecule has 2 aromatic heterocycles. The first-order valence-electron chi connectivity index (χ1n) is 10.8. The second-order valence-electron chi connectivity index (χ2n) is 7.90. The van der Waals surface area contributed by atoms with Gasteiger partial charge >= 0.3 is 0 Å². The van der Waals surface area contributed by atoms with E-state index in [4.69, 9.17) is 9.47 Å². The number of H-pyrrole nitrogens is 1. The predicted molar refractivity (Wildman–Crippen MR) is 124 cm³/mol. The smallest absolute Gasteiger partial charge is 0.251 e. The van der Waals surface area contributed by atoms with Gasteiger partial charge in [-0.2, -0.15) is 0 Å². The van der Waals surface area contributed by atoms with Crippen molar-refractivity contribution in [3.63, 3.8) is 0 Å². The van der Waals surface area contributed by atoms with Gasteiger partial charge in [-0.15, -0.1) is 0 Å². The maximum atomic E-state index is 12.9. The quantitative estimate of drug-likeness (QED) is 0.316. The minimum Gasteiger partial charge on any atom is -0.486 e. The first-order valence-corrected chi connectivity index (χ1v) is 11.7. The van der Waals surface area contributed by atoms with Crippen LogP contribution in [0, 0.1) is 13.8 Å². The first kappa shape index (κ1) is 22.2. The van der Waals surface area contributed by atoms with E-state index < -0.39 is 0 Å². The van der Waals surface area contributed by atoms with Crippen molar-refractivity contribution in [2.24, 2.45) is 0 Å². The molecular formula is C24H27N3O4S. The summed E-state index contributed by atoms with van der Waals surface area (Å²) >= 11 is 1.26. The lowest BCUT2D eigenvalue weighted by atomic mass is 10.2. The molecule has 32 heavy (non-hydrogen) atoms. The van der Waals surface area contributed by atoms with Crippen LogP contribution in [0.25, 0.3) is 0 Å². The maximum absolute atomic E-state index is 12.9. The highest BCUT2D eigenvalue weighted by molar-refractivity contribution is 7.99. The third-order valence-corrected chi connectivity index (χ3v) is 6.32. The second-order valence-corrected chi connectivity index (χ2v) is 8.86. The normalized spacial score (nSPS) is 15.0. The molecule has 1 N–H and O–H groups in total. The SMILES string of the molecule is CCCc1cc(=O)[nH]c(SCC(=O)c2cc(C)n(CC3COc4ccccc4O3)c2C)n1. The highest BCUT2D eigenvalue weighted by Crippen LogP contribution is 2.31. The lowest BCUT2D eigenvalue weighted by molar-refractivity contribution is 0.0777. The number of carbonyl (C=O) groups is 1. The number of aromatic amines is 1. The largest absolute Gasteiger partial charge is 0.486 e. The molecule has 3 aromatic rings. The molecule has 1 aliphatic heterocycles.